The zero-order chi connectivity index (χ0) is 11.9. The van der Waals surface area contributed by atoms with E-state index in [-0.39, 0.29) is 10.8 Å². The Hall–Kier alpha value is -1.56. The average molecular weight is 241 g/mol. The van der Waals surface area contributed by atoms with Crippen LogP contribution < -0.4 is 4.90 Å². The number of sulfone groups is 1. The molecule has 0 unspecified atom stereocenters. The highest BCUT2D eigenvalue weighted by Gasteiger charge is 2.30. The zero-order valence-corrected chi connectivity index (χ0v) is 9.74. The molecule has 0 aromatic heterocycles. The standard InChI is InChI=1S/C10H11NO4S/c1-11-6-16(13,14)9-4-3-7(5-8(9)11)10(12)15-2/h3-5H,6H2,1-2H3. The Kier molecular flexibility index (Phi) is 2.38. The first-order valence-corrected chi connectivity index (χ1v) is 6.27. The molecule has 5 nitrogen and oxygen atoms in total. The van der Waals surface area contributed by atoms with E-state index >= 15 is 0 Å². The Morgan fingerprint density at radius 3 is 2.75 bits per heavy atom. The Labute approximate surface area is 93.5 Å². The maximum atomic E-state index is 11.7. The van der Waals surface area contributed by atoms with Gasteiger partial charge in [0.2, 0.25) is 0 Å². The number of fused-ring (bicyclic) bond motifs is 1. The van der Waals surface area contributed by atoms with Gasteiger partial charge in [-0.3, -0.25) is 0 Å². The molecule has 1 aliphatic heterocycles. The average Bonchev–Trinajstić information content (AvgIpc) is 2.48. The Bertz CT molecular complexity index is 550. The molecule has 0 fully saturated rings. The van der Waals surface area contributed by atoms with Gasteiger partial charge >= 0.3 is 5.97 Å². The third kappa shape index (κ3) is 1.55. The number of hydrogen-bond acceptors (Lipinski definition) is 5. The number of hydrogen-bond donors (Lipinski definition) is 0. The third-order valence-corrected chi connectivity index (χ3v) is 4.23. The van der Waals surface area contributed by atoms with Crippen LogP contribution >= 0.6 is 0 Å². The first-order valence-electron chi connectivity index (χ1n) is 4.62. The van der Waals surface area contributed by atoms with E-state index in [2.05, 4.69) is 4.74 Å². The number of carbonyl (C=O) groups excluding carboxylic acids is 1. The summed E-state index contributed by atoms with van der Waals surface area (Å²) < 4.78 is 27.9. The van der Waals surface area contributed by atoms with Crippen LogP contribution in [0.15, 0.2) is 23.1 Å². The van der Waals surface area contributed by atoms with Crippen molar-refractivity contribution in [2.75, 3.05) is 24.9 Å². The summed E-state index contributed by atoms with van der Waals surface area (Å²) in [5.74, 6) is -0.520. The van der Waals surface area contributed by atoms with Crippen LogP contribution in [0.2, 0.25) is 0 Å². The lowest BCUT2D eigenvalue weighted by Gasteiger charge is -2.10. The maximum Gasteiger partial charge on any atom is 0.337 e. The summed E-state index contributed by atoms with van der Waals surface area (Å²) in [6.07, 6.45) is 0. The smallest absolute Gasteiger partial charge is 0.337 e. The van der Waals surface area contributed by atoms with Crippen molar-refractivity contribution < 1.29 is 17.9 Å². The highest BCUT2D eigenvalue weighted by atomic mass is 32.2. The largest absolute Gasteiger partial charge is 0.465 e. The highest BCUT2D eigenvalue weighted by Crippen LogP contribution is 2.33. The number of nitrogens with zero attached hydrogens (tertiary/aromatic N) is 1. The van der Waals surface area contributed by atoms with Gasteiger partial charge in [-0.15, -0.1) is 0 Å². The van der Waals surface area contributed by atoms with Crippen LogP contribution in [0.4, 0.5) is 5.69 Å². The first kappa shape index (κ1) is 10.9. The molecule has 2 rings (SSSR count). The van der Waals surface area contributed by atoms with E-state index in [1.54, 1.807) is 11.9 Å². The predicted octanol–water partition coefficient (Wildman–Crippen LogP) is 0.654. The fourth-order valence-corrected chi connectivity index (χ4v) is 3.31. The van der Waals surface area contributed by atoms with E-state index in [1.807, 2.05) is 0 Å². The van der Waals surface area contributed by atoms with E-state index in [4.69, 9.17) is 0 Å². The first-order chi connectivity index (χ1) is 7.45. The van der Waals surface area contributed by atoms with Gasteiger partial charge in [-0.1, -0.05) is 0 Å². The van der Waals surface area contributed by atoms with E-state index in [1.165, 1.54) is 25.3 Å². The van der Waals surface area contributed by atoms with Crippen molar-refractivity contribution in [2.45, 2.75) is 4.90 Å². The second-order valence-corrected chi connectivity index (χ2v) is 5.54. The summed E-state index contributed by atoms with van der Waals surface area (Å²) >= 11 is 0. The van der Waals surface area contributed by atoms with Crippen molar-refractivity contribution in [2.24, 2.45) is 0 Å². The van der Waals surface area contributed by atoms with E-state index < -0.39 is 15.8 Å². The van der Waals surface area contributed by atoms with E-state index in [9.17, 15) is 13.2 Å². The molecule has 0 aliphatic carbocycles. The predicted molar refractivity (Wildman–Crippen MR) is 58.2 cm³/mol. The number of benzene rings is 1. The molecule has 0 radical (unpaired) electrons. The molecule has 0 bridgehead atoms. The highest BCUT2D eigenvalue weighted by molar-refractivity contribution is 7.92. The van der Waals surface area contributed by atoms with Crippen molar-refractivity contribution in [1.82, 2.24) is 0 Å². The number of ether oxygens (including phenoxy) is 1. The summed E-state index contributed by atoms with van der Waals surface area (Å²) in [4.78, 5) is 13.2. The van der Waals surface area contributed by atoms with E-state index in [0.29, 0.717) is 11.3 Å². The summed E-state index contributed by atoms with van der Waals surface area (Å²) in [6.45, 7) is 0. The number of carbonyl (C=O) groups is 1. The summed E-state index contributed by atoms with van der Waals surface area (Å²) in [7, 11) is -0.271. The number of methoxy groups -OCH3 is 1. The lowest BCUT2D eigenvalue weighted by Crippen LogP contribution is -2.16. The Morgan fingerprint density at radius 1 is 1.44 bits per heavy atom. The van der Waals surface area contributed by atoms with Crippen LogP contribution in [-0.2, 0) is 14.6 Å². The molecule has 86 valence electrons. The van der Waals surface area contributed by atoms with Crippen molar-refractivity contribution in [1.29, 1.82) is 0 Å². The normalized spacial score (nSPS) is 17.0. The summed E-state index contributed by atoms with van der Waals surface area (Å²) in [5.41, 5.74) is 0.896. The van der Waals surface area contributed by atoms with Gasteiger partial charge in [0, 0.05) is 7.05 Å². The maximum absolute atomic E-state index is 11.7. The lowest BCUT2D eigenvalue weighted by molar-refractivity contribution is 0.0600. The molecule has 0 N–H and O–H groups in total. The van der Waals surface area contributed by atoms with Crippen LogP contribution in [0.5, 0.6) is 0 Å². The van der Waals surface area contributed by atoms with Crippen molar-refractivity contribution in [3.63, 3.8) is 0 Å². The van der Waals surface area contributed by atoms with Crippen molar-refractivity contribution in [3.05, 3.63) is 23.8 Å². The molecule has 16 heavy (non-hydrogen) atoms. The van der Waals surface area contributed by atoms with Crippen molar-refractivity contribution >= 4 is 21.5 Å². The molecule has 0 saturated carbocycles. The van der Waals surface area contributed by atoms with Crippen LogP contribution in [0.3, 0.4) is 0 Å². The minimum atomic E-state index is -3.23. The second kappa shape index (κ2) is 3.48. The minimum Gasteiger partial charge on any atom is -0.465 e. The van der Waals surface area contributed by atoms with Gasteiger partial charge in [-0.05, 0) is 18.2 Å². The Morgan fingerprint density at radius 2 is 2.12 bits per heavy atom. The van der Waals surface area contributed by atoms with E-state index in [0.717, 1.165) is 0 Å². The topological polar surface area (TPSA) is 63.7 Å². The number of esters is 1. The van der Waals surface area contributed by atoms with Crippen LogP contribution in [0.1, 0.15) is 10.4 Å². The Balaban J connectivity index is 2.57. The van der Waals surface area contributed by atoms with Gasteiger partial charge in [0.05, 0.1) is 23.3 Å². The number of anilines is 1. The minimum absolute atomic E-state index is 0.0487. The SMILES string of the molecule is COC(=O)c1ccc2c(c1)N(C)CS2(=O)=O. The second-order valence-electron chi connectivity index (χ2n) is 3.62. The van der Waals surface area contributed by atoms with Gasteiger partial charge < -0.3 is 9.64 Å². The van der Waals surface area contributed by atoms with Gasteiger partial charge in [0.25, 0.3) is 0 Å². The van der Waals surface area contributed by atoms with Gasteiger partial charge in [0.15, 0.2) is 9.84 Å². The van der Waals surface area contributed by atoms with Crippen LogP contribution in [-0.4, -0.2) is 34.4 Å². The molecule has 0 spiro atoms. The van der Waals surface area contributed by atoms with Crippen LogP contribution in [0.25, 0.3) is 0 Å². The van der Waals surface area contributed by atoms with Gasteiger partial charge in [0.1, 0.15) is 5.88 Å². The molecule has 0 saturated heterocycles. The lowest BCUT2D eigenvalue weighted by atomic mass is 10.2. The van der Waals surface area contributed by atoms with Gasteiger partial charge in [-0.25, -0.2) is 13.2 Å². The van der Waals surface area contributed by atoms with Crippen molar-refractivity contribution in [3.8, 4) is 0 Å². The molecular weight excluding hydrogens is 230 g/mol. The van der Waals surface area contributed by atoms with Gasteiger partial charge in [-0.2, -0.15) is 0 Å². The molecule has 1 aromatic carbocycles. The zero-order valence-electron chi connectivity index (χ0n) is 8.93. The number of rotatable bonds is 1. The molecule has 1 aliphatic rings. The fraction of sp³-hybridized carbons (Fsp3) is 0.300. The molecule has 0 amide bonds. The third-order valence-electron chi connectivity index (χ3n) is 2.49. The summed E-state index contributed by atoms with van der Waals surface area (Å²) in [5, 5.41) is 0. The molecule has 1 heterocycles. The fourth-order valence-electron chi connectivity index (χ4n) is 1.72. The molecule has 0 atom stereocenters. The summed E-state index contributed by atoms with van der Waals surface area (Å²) in [6, 6.07) is 4.44. The molecule has 1 aromatic rings. The monoisotopic (exact) mass is 241 g/mol. The molecule has 6 heteroatoms. The van der Waals surface area contributed by atoms with Crippen LogP contribution in [0, 0.1) is 0 Å². The quantitative estimate of drug-likeness (QED) is 0.676. The molecular formula is C10H11NO4S.